The van der Waals surface area contributed by atoms with E-state index >= 15 is 0 Å². The van der Waals surface area contributed by atoms with Crippen LogP contribution in [0.25, 0.3) is 0 Å². The molecule has 104 valence electrons. The molecular weight excluding hydrogens is 252 g/mol. The van der Waals surface area contributed by atoms with Gasteiger partial charge >= 0.3 is 0 Å². The molecule has 19 heavy (non-hydrogen) atoms. The average molecular weight is 268 g/mol. The minimum Gasteiger partial charge on any atom is -0.394 e. The Balaban J connectivity index is 3.01. The molecule has 0 saturated heterocycles. The Kier molecular flexibility index (Phi) is 4.57. The maximum absolute atomic E-state index is 11.9. The highest BCUT2D eigenvalue weighted by atomic mass is 16.6. The molecule has 1 rings (SSSR count). The van der Waals surface area contributed by atoms with E-state index in [1.807, 2.05) is 0 Å². The van der Waals surface area contributed by atoms with Gasteiger partial charge in [0.25, 0.3) is 11.6 Å². The molecule has 1 aromatic rings. The van der Waals surface area contributed by atoms with Gasteiger partial charge in [-0.25, -0.2) is 0 Å². The summed E-state index contributed by atoms with van der Waals surface area (Å²) in [6.07, 6.45) is 0. The van der Waals surface area contributed by atoms with Crippen LogP contribution in [0.4, 0.5) is 5.69 Å². The van der Waals surface area contributed by atoms with E-state index in [0.29, 0.717) is 5.56 Å². The largest absolute Gasteiger partial charge is 0.394 e. The molecule has 7 nitrogen and oxygen atoms in total. The van der Waals surface area contributed by atoms with E-state index in [1.165, 1.54) is 25.1 Å². The lowest BCUT2D eigenvalue weighted by atomic mass is 10.0. The van der Waals surface area contributed by atoms with Gasteiger partial charge in [0, 0.05) is 17.2 Å². The van der Waals surface area contributed by atoms with Gasteiger partial charge < -0.3 is 15.5 Å². The quantitative estimate of drug-likeness (QED) is 0.527. The summed E-state index contributed by atoms with van der Waals surface area (Å²) in [7, 11) is 0. The lowest BCUT2D eigenvalue weighted by molar-refractivity contribution is -0.385. The molecule has 0 fully saturated rings. The Labute approximate surface area is 110 Å². The molecule has 0 aromatic heterocycles. The van der Waals surface area contributed by atoms with Gasteiger partial charge in [-0.2, -0.15) is 0 Å². The summed E-state index contributed by atoms with van der Waals surface area (Å²) in [5.74, 6) is -0.589. The van der Waals surface area contributed by atoms with Crippen LogP contribution in [0, 0.1) is 17.0 Å². The second-order valence-electron chi connectivity index (χ2n) is 4.59. The van der Waals surface area contributed by atoms with Crippen molar-refractivity contribution in [3.8, 4) is 0 Å². The standard InChI is InChI=1S/C12H16N2O5/c1-8-3-4-9(5-10(8)14(18)19)11(17)13-12(2,6-15)7-16/h3-5,15-16H,6-7H2,1-2H3,(H,13,17). The summed E-state index contributed by atoms with van der Waals surface area (Å²) < 4.78 is 0. The molecule has 0 saturated carbocycles. The molecule has 0 unspecified atom stereocenters. The third-order valence-corrected chi connectivity index (χ3v) is 2.78. The van der Waals surface area contributed by atoms with Gasteiger partial charge in [0.2, 0.25) is 0 Å². The van der Waals surface area contributed by atoms with Crippen LogP contribution >= 0.6 is 0 Å². The minimum atomic E-state index is -1.17. The summed E-state index contributed by atoms with van der Waals surface area (Å²) in [5.41, 5.74) is -0.766. The number of nitrogens with one attached hydrogen (secondary N) is 1. The fourth-order valence-corrected chi connectivity index (χ4v) is 1.42. The lowest BCUT2D eigenvalue weighted by Crippen LogP contribution is -2.51. The number of nitro groups is 1. The van der Waals surface area contributed by atoms with Gasteiger partial charge in [0.05, 0.1) is 23.7 Å². The van der Waals surface area contributed by atoms with Crippen molar-refractivity contribution in [2.45, 2.75) is 19.4 Å². The van der Waals surface area contributed by atoms with Gasteiger partial charge in [-0.05, 0) is 19.9 Å². The van der Waals surface area contributed by atoms with Crippen LogP contribution in [0.5, 0.6) is 0 Å². The Morgan fingerprint density at radius 1 is 1.42 bits per heavy atom. The molecule has 1 aromatic carbocycles. The monoisotopic (exact) mass is 268 g/mol. The van der Waals surface area contributed by atoms with Gasteiger partial charge in [0.1, 0.15) is 0 Å². The number of carbonyl (C=O) groups excluding carboxylic acids is 1. The number of hydrogen-bond donors (Lipinski definition) is 3. The summed E-state index contributed by atoms with van der Waals surface area (Å²) in [6.45, 7) is 2.16. The van der Waals surface area contributed by atoms with Crippen LogP contribution in [-0.4, -0.2) is 39.8 Å². The molecule has 0 heterocycles. The molecule has 0 aliphatic rings. The van der Waals surface area contributed by atoms with Gasteiger partial charge in [-0.3, -0.25) is 14.9 Å². The third kappa shape index (κ3) is 3.49. The number of hydrogen-bond acceptors (Lipinski definition) is 5. The van der Waals surface area contributed by atoms with Crippen LogP contribution < -0.4 is 5.32 Å². The van der Waals surface area contributed by atoms with Crippen molar-refractivity contribution in [1.29, 1.82) is 0 Å². The molecule has 3 N–H and O–H groups in total. The topological polar surface area (TPSA) is 113 Å². The average Bonchev–Trinajstić information content (AvgIpc) is 2.38. The van der Waals surface area contributed by atoms with Crippen molar-refractivity contribution < 1.29 is 19.9 Å². The molecule has 0 spiro atoms. The van der Waals surface area contributed by atoms with Gasteiger partial charge in [-0.1, -0.05) is 6.07 Å². The van der Waals surface area contributed by atoms with E-state index < -0.39 is 29.6 Å². The van der Waals surface area contributed by atoms with Gasteiger partial charge in [0.15, 0.2) is 0 Å². The zero-order chi connectivity index (χ0) is 14.6. The number of aliphatic hydroxyl groups is 2. The Hall–Kier alpha value is -1.99. The van der Waals surface area contributed by atoms with Crippen LogP contribution in [0.1, 0.15) is 22.8 Å². The highest BCUT2D eigenvalue weighted by molar-refractivity contribution is 5.95. The van der Waals surface area contributed by atoms with E-state index in [4.69, 9.17) is 10.2 Å². The van der Waals surface area contributed by atoms with Crippen molar-refractivity contribution in [1.82, 2.24) is 5.32 Å². The first kappa shape index (κ1) is 15.1. The predicted octanol–water partition coefficient (Wildman–Crippen LogP) is 0.376. The first-order chi connectivity index (χ1) is 8.83. The smallest absolute Gasteiger partial charge is 0.273 e. The molecule has 0 aliphatic heterocycles. The summed E-state index contributed by atoms with van der Waals surface area (Å²) in [4.78, 5) is 22.1. The SMILES string of the molecule is Cc1ccc(C(=O)NC(C)(CO)CO)cc1[N+](=O)[O-]. The maximum atomic E-state index is 11.9. The second kappa shape index (κ2) is 5.77. The molecule has 0 atom stereocenters. The maximum Gasteiger partial charge on any atom is 0.273 e. The number of aryl methyl sites for hydroxylation is 1. The Morgan fingerprint density at radius 3 is 2.47 bits per heavy atom. The molecule has 1 amide bonds. The van der Waals surface area contributed by atoms with Crippen molar-refractivity contribution in [3.63, 3.8) is 0 Å². The van der Waals surface area contributed by atoms with Crippen molar-refractivity contribution in [3.05, 3.63) is 39.4 Å². The molecule has 7 heteroatoms. The number of aliphatic hydroxyl groups excluding tert-OH is 2. The molecule has 0 radical (unpaired) electrons. The zero-order valence-corrected chi connectivity index (χ0v) is 10.7. The minimum absolute atomic E-state index is 0.102. The van der Waals surface area contributed by atoms with E-state index in [0.717, 1.165) is 0 Å². The van der Waals surface area contributed by atoms with E-state index in [2.05, 4.69) is 5.32 Å². The summed E-state index contributed by atoms with van der Waals surface area (Å²) in [6, 6.07) is 4.09. The molecule has 0 aliphatic carbocycles. The highest BCUT2D eigenvalue weighted by Crippen LogP contribution is 2.19. The lowest BCUT2D eigenvalue weighted by Gasteiger charge is -2.26. The van der Waals surface area contributed by atoms with Crippen molar-refractivity contribution in [2.75, 3.05) is 13.2 Å². The Morgan fingerprint density at radius 2 is 2.00 bits per heavy atom. The second-order valence-corrected chi connectivity index (χ2v) is 4.59. The summed E-state index contributed by atoms with van der Waals surface area (Å²) in [5, 5.41) is 31.4. The van der Waals surface area contributed by atoms with Crippen LogP contribution in [0.15, 0.2) is 18.2 Å². The number of carbonyl (C=O) groups is 1. The number of nitro benzene ring substituents is 1. The predicted molar refractivity (Wildman–Crippen MR) is 67.9 cm³/mol. The first-order valence-electron chi connectivity index (χ1n) is 5.62. The molecule has 0 bridgehead atoms. The van der Waals surface area contributed by atoms with Crippen LogP contribution in [0.3, 0.4) is 0 Å². The number of benzene rings is 1. The van der Waals surface area contributed by atoms with Crippen molar-refractivity contribution in [2.24, 2.45) is 0 Å². The van der Waals surface area contributed by atoms with Crippen molar-refractivity contribution >= 4 is 11.6 Å². The normalized spacial score (nSPS) is 11.2. The Bertz CT molecular complexity index is 497. The number of nitrogens with zero attached hydrogens (tertiary/aromatic N) is 1. The fourth-order valence-electron chi connectivity index (χ4n) is 1.42. The van der Waals surface area contributed by atoms with E-state index in [-0.39, 0.29) is 11.3 Å². The number of rotatable bonds is 5. The highest BCUT2D eigenvalue weighted by Gasteiger charge is 2.26. The zero-order valence-electron chi connectivity index (χ0n) is 10.7. The third-order valence-electron chi connectivity index (χ3n) is 2.78. The summed E-state index contributed by atoms with van der Waals surface area (Å²) >= 11 is 0. The van der Waals surface area contributed by atoms with E-state index in [9.17, 15) is 14.9 Å². The van der Waals surface area contributed by atoms with Crippen LogP contribution in [0.2, 0.25) is 0 Å². The fraction of sp³-hybridized carbons (Fsp3) is 0.417. The molecular formula is C12H16N2O5. The number of amides is 1. The van der Waals surface area contributed by atoms with E-state index in [1.54, 1.807) is 6.92 Å². The first-order valence-corrected chi connectivity index (χ1v) is 5.62. The van der Waals surface area contributed by atoms with Gasteiger partial charge in [-0.15, -0.1) is 0 Å². The van der Waals surface area contributed by atoms with Crippen LogP contribution in [-0.2, 0) is 0 Å².